The summed E-state index contributed by atoms with van der Waals surface area (Å²) in [6, 6.07) is 60.0. The second-order valence-corrected chi connectivity index (χ2v) is 15.9. The Bertz CT molecular complexity index is 3350. The second-order valence-electron chi connectivity index (χ2n) is 15.9. The van der Waals surface area contributed by atoms with Gasteiger partial charge in [-0.25, -0.2) is 15.0 Å². The molecule has 0 aliphatic heterocycles. The van der Waals surface area contributed by atoms with E-state index in [0.29, 0.717) is 29.7 Å². The highest BCUT2D eigenvalue weighted by molar-refractivity contribution is 6.35. The molecule has 10 aromatic rings. The summed E-state index contributed by atoms with van der Waals surface area (Å²) in [6.45, 7) is 4.36. The standard InChI is InChI=1S/C57H42N4O/c1-38(62-45-23-12-5-13-24-45)29-30-43(37-52-58-56(41-19-8-3-9-20-41)60-57(59-52)42-33-31-40(32-34-42)39-17-6-2-7-18-39)46-35-36-51-55-53(46)48-26-15-14-25-47(48)49-27-16-28-50(54(49)55)61(51)44-21-10-4-11-22-44/h2-12,14-23,25-36,43H,1,13,24,37H2/b30-29-. The van der Waals surface area contributed by atoms with Gasteiger partial charge in [-0.15, -0.1) is 0 Å². The molecule has 1 unspecified atom stereocenters. The Morgan fingerprint density at radius 3 is 1.90 bits per heavy atom. The highest BCUT2D eigenvalue weighted by atomic mass is 16.5. The Morgan fingerprint density at radius 1 is 0.581 bits per heavy atom. The number of para-hydroxylation sites is 1. The molecule has 1 aliphatic rings. The normalized spacial score (nSPS) is 13.4. The molecule has 62 heavy (non-hydrogen) atoms. The largest absolute Gasteiger partial charge is 0.462 e. The SMILES string of the molecule is C=C(/C=C\C(Cc1nc(-c2ccccc2)nc(-c2ccc(-c3ccccc3)cc2)n1)c1ccc2c3c1c1ccccc1c1cccc(c13)n2-c1ccccc1)OC1=CC=CCC1. The third kappa shape index (κ3) is 6.84. The molecular formula is C57H42N4O. The number of ether oxygens (including phenoxy) is 1. The molecule has 8 aromatic carbocycles. The number of hydrogen-bond donors (Lipinski definition) is 0. The van der Waals surface area contributed by atoms with E-state index < -0.39 is 0 Å². The lowest BCUT2D eigenvalue weighted by Gasteiger charge is -2.19. The molecule has 0 amide bonds. The van der Waals surface area contributed by atoms with Gasteiger partial charge in [-0.3, -0.25) is 0 Å². The van der Waals surface area contributed by atoms with Crippen LogP contribution in [-0.4, -0.2) is 19.5 Å². The number of benzene rings is 8. The van der Waals surface area contributed by atoms with Crippen LogP contribution in [0.4, 0.5) is 0 Å². The third-order valence-electron chi connectivity index (χ3n) is 12.0. The lowest BCUT2D eigenvalue weighted by molar-refractivity contribution is 0.305. The van der Waals surface area contributed by atoms with E-state index in [4.69, 9.17) is 19.7 Å². The van der Waals surface area contributed by atoms with Crippen molar-refractivity contribution in [2.75, 3.05) is 0 Å². The van der Waals surface area contributed by atoms with Gasteiger partial charge >= 0.3 is 0 Å². The van der Waals surface area contributed by atoms with E-state index in [9.17, 15) is 0 Å². The van der Waals surface area contributed by atoms with E-state index in [-0.39, 0.29) is 5.92 Å². The minimum absolute atomic E-state index is 0.164. The maximum absolute atomic E-state index is 6.31. The van der Waals surface area contributed by atoms with Crippen molar-refractivity contribution in [3.05, 3.63) is 230 Å². The maximum Gasteiger partial charge on any atom is 0.163 e. The lowest BCUT2D eigenvalue weighted by atomic mass is 9.85. The van der Waals surface area contributed by atoms with Gasteiger partial charge in [0.15, 0.2) is 11.6 Å². The highest BCUT2D eigenvalue weighted by Gasteiger charge is 2.25. The van der Waals surface area contributed by atoms with Crippen LogP contribution >= 0.6 is 0 Å². The summed E-state index contributed by atoms with van der Waals surface area (Å²) < 4.78 is 8.72. The quantitative estimate of drug-likeness (QED) is 0.0743. The van der Waals surface area contributed by atoms with Crippen molar-refractivity contribution in [3.8, 4) is 39.6 Å². The molecule has 0 N–H and O–H groups in total. The molecule has 2 aromatic heterocycles. The average Bonchev–Trinajstić information content (AvgIpc) is 3.68. The van der Waals surface area contributed by atoms with Crippen molar-refractivity contribution in [3.63, 3.8) is 0 Å². The summed E-state index contributed by atoms with van der Waals surface area (Å²) in [6.07, 6.45) is 12.8. The van der Waals surface area contributed by atoms with Gasteiger partial charge in [0.25, 0.3) is 0 Å². The third-order valence-corrected chi connectivity index (χ3v) is 12.0. The first-order valence-electron chi connectivity index (χ1n) is 21.3. The number of nitrogens with zero attached hydrogens (tertiary/aromatic N) is 4. The van der Waals surface area contributed by atoms with E-state index in [1.807, 2.05) is 42.5 Å². The Labute approximate surface area is 360 Å². The summed E-state index contributed by atoms with van der Waals surface area (Å²) in [5, 5.41) is 7.44. The van der Waals surface area contributed by atoms with Crippen molar-refractivity contribution in [2.45, 2.75) is 25.2 Å². The van der Waals surface area contributed by atoms with Gasteiger partial charge in [-0.1, -0.05) is 170 Å². The van der Waals surface area contributed by atoms with E-state index >= 15 is 0 Å². The Morgan fingerprint density at radius 2 is 1.18 bits per heavy atom. The van der Waals surface area contributed by atoms with Crippen LogP contribution in [0.1, 0.15) is 30.1 Å². The van der Waals surface area contributed by atoms with Gasteiger partial charge in [0.2, 0.25) is 0 Å². The summed E-state index contributed by atoms with van der Waals surface area (Å²) in [5.41, 5.74) is 8.86. The molecule has 2 heterocycles. The Hall–Kier alpha value is -7.89. The van der Waals surface area contributed by atoms with Crippen LogP contribution in [0.15, 0.2) is 218 Å². The predicted molar refractivity (Wildman–Crippen MR) is 255 cm³/mol. The summed E-state index contributed by atoms with van der Waals surface area (Å²) in [5.74, 6) is 3.32. The van der Waals surface area contributed by atoms with Crippen molar-refractivity contribution in [1.29, 1.82) is 0 Å². The molecule has 11 rings (SSSR count). The molecular weight excluding hydrogens is 757 g/mol. The molecule has 1 atom stereocenters. The first-order chi connectivity index (χ1) is 30.7. The van der Waals surface area contributed by atoms with Crippen LogP contribution in [0.5, 0.6) is 0 Å². The topological polar surface area (TPSA) is 52.8 Å². The van der Waals surface area contributed by atoms with Crippen molar-refractivity contribution < 1.29 is 4.74 Å². The number of fused-ring (bicyclic) bond motifs is 3. The zero-order valence-corrected chi connectivity index (χ0v) is 34.2. The number of rotatable bonds is 11. The summed E-state index contributed by atoms with van der Waals surface area (Å²) >= 11 is 0. The molecule has 1 aliphatic carbocycles. The fourth-order valence-electron chi connectivity index (χ4n) is 9.15. The van der Waals surface area contributed by atoms with Crippen molar-refractivity contribution >= 4 is 43.4 Å². The molecule has 0 saturated heterocycles. The molecule has 0 fully saturated rings. The zero-order chi connectivity index (χ0) is 41.4. The molecule has 296 valence electrons. The van der Waals surface area contributed by atoms with Crippen LogP contribution in [0.25, 0.3) is 82.9 Å². The highest BCUT2D eigenvalue weighted by Crippen LogP contribution is 2.46. The number of hydrogen-bond acceptors (Lipinski definition) is 4. The Balaban J connectivity index is 1.10. The minimum Gasteiger partial charge on any atom is -0.462 e. The monoisotopic (exact) mass is 798 g/mol. The van der Waals surface area contributed by atoms with E-state index in [2.05, 4.69) is 169 Å². The van der Waals surface area contributed by atoms with Crippen LogP contribution in [0.3, 0.4) is 0 Å². The molecule has 0 radical (unpaired) electrons. The van der Waals surface area contributed by atoms with Crippen molar-refractivity contribution in [2.24, 2.45) is 0 Å². The maximum atomic E-state index is 6.31. The van der Waals surface area contributed by atoms with Crippen LogP contribution in [0, 0.1) is 0 Å². The van der Waals surface area contributed by atoms with E-state index in [1.165, 1.54) is 54.5 Å². The van der Waals surface area contributed by atoms with Gasteiger partial charge in [0.05, 0.1) is 11.0 Å². The van der Waals surface area contributed by atoms with Gasteiger partial charge in [0.1, 0.15) is 17.3 Å². The van der Waals surface area contributed by atoms with Gasteiger partial charge in [0, 0.05) is 46.3 Å². The molecule has 0 saturated carbocycles. The zero-order valence-electron chi connectivity index (χ0n) is 34.2. The number of allylic oxidation sites excluding steroid dienone is 6. The molecule has 5 nitrogen and oxygen atoms in total. The van der Waals surface area contributed by atoms with Gasteiger partial charge < -0.3 is 9.30 Å². The lowest BCUT2D eigenvalue weighted by Crippen LogP contribution is -2.09. The van der Waals surface area contributed by atoms with Gasteiger partial charge in [-0.05, 0) is 81.1 Å². The van der Waals surface area contributed by atoms with Crippen LogP contribution in [-0.2, 0) is 11.2 Å². The van der Waals surface area contributed by atoms with E-state index in [0.717, 1.165) is 41.0 Å². The first-order valence-corrected chi connectivity index (χ1v) is 21.3. The van der Waals surface area contributed by atoms with Crippen LogP contribution in [0.2, 0.25) is 0 Å². The van der Waals surface area contributed by atoms with Crippen molar-refractivity contribution in [1.82, 2.24) is 19.5 Å². The van der Waals surface area contributed by atoms with Gasteiger partial charge in [-0.2, -0.15) is 0 Å². The fourth-order valence-corrected chi connectivity index (χ4v) is 9.15. The minimum atomic E-state index is -0.164. The molecule has 5 heteroatoms. The Kier molecular flexibility index (Phi) is 9.55. The smallest absolute Gasteiger partial charge is 0.163 e. The second kappa shape index (κ2) is 15.9. The summed E-state index contributed by atoms with van der Waals surface area (Å²) in [7, 11) is 0. The fraction of sp³-hybridized carbons (Fsp3) is 0.0702. The average molecular weight is 799 g/mol. The number of aromatic nitrogens is 4. The molecule has 0 spiro atoms. The van der Waals surface area contributed by atoms with Crippen LogP contribution < -0.4 is 0 Å². The predicted octanol–water partition coefficient (Wildman–Crippen LogP) is 14.4. The van der Waals surface area contributed by atoms with E-state index in [1.54, 1.807) is 0 Å². The summed E-state index contributed by atoms with van der Waals surface area (Å²) in [4.78, 5) is 15.6. The molecule has 0 bridgehead atoms. The first kappa shape index (κ1) is 37.1.